The third kappa shape index (κ3) is 5.93. The van der Waals surface area contributed by atoms with Crippen molar-refractivity contribution in [1.82, 2.24) is 4.90 Å². The first-order valence-corrected chi connectivity index (χ1v) is 12.4. The molecule has 36 heavy (non-hydrogen) atoms. The summed E-state index contributed by atoms with van der Waals surface area (Å²) in [6, 6.07) is 19.3. The van der Waals surface area contributed by atoms with E-state index in [1.807, 2.05) is 74.2 Å². The summed E-state index contributed by atoms with van der Waals surface area (Å²) >= 11 is 0. The van der Waals surface area contributed by atoms with Crippen molar-refractivity contribution in [2.24, 2.45) is 5.92 Å². The van der Waals surface area contributed by atoms with Crippen molar-refractivity contribution in [3.05, 3.63) is 94.8 Å². The average molecular weight is 489 g/mol. The number of rotatable bonds is 7. The van der Waals surface area contributed by atoms with Gasteiger partial charge in [-0.25, -0.2) is 4.39 Å². The van der Waals surface area contributed by atoms with Gasteiger partial charge in [0, 0.05) is 18.7 Å². The topological polar surface area (TPSA) is 58.6 Å². The van der Waals surface area contributed by atoms with Crippen LogP contribution in [0.15, 0.2) is 66.7 Å². The van der Waals surface area contributed by atoms with Crippen LogP contribution in [0.2, 0.25) is 0 Å². The number of fused-ring (bicyclic) bond motifs is 1. The number of carbonyl (C=O) groups is 2. The Kier molecular flexibility index (Phi) is 7.73. The highest BCUT2D eigenvalue weighted by Gasteiger charge is 2.33. The Bertz CT molecular complexity index is 1260. The van der Waals surface area contributed by atoms with Crippen LogP contribution in [-0.4, -0.2) is 29.4 Å². The van der Waals surface area contributed by atoms with Gasteiger partial charge in [0.05, 0.1) is 6.04 Å². The van der Waals surface area contributed by atoms with E-state index in [9.17, 15) is 14.0 Å². The van der Waals surface area contributed by atoms with Gasteiger partial charge in [0.1, 0.15) is 11.6 Å². The van der Waals surface area contributed by atoms with Crippen LogP contribution in [0.3, 0.4) is 0 Å². The summed E-state index contributed by atoms with van der Waals surface area (Å²) in [5.74, 6) is 0.190. The Balaban J connectivity index is 1.61. The maximum atomic E-state index is 14.2. The number of halogens is 1. The zero-order valence-electron chi connectivity index (χ0n) is 21.3. The molecule has 5 nitrogen and oxygen atoms in total. The van der Waals surface area contributed by atoms with Gasteiger partial charge in [-0.15, -0.1) is 0 Å². The number of hydrogen-bond acceptors (Lipinski definition) is 3. The van der Waals surface area contributed by atoms with Crippen molar-refractivity contribution in [3.63, 3.8) is 0 Å². The fourth-order valence-corrected chi connectivity index (χ4v) is 4.66. The number of anilines is 1. The lowest BCUT2D eigenvalue weighted by atomic mass is 9.87. The lowest BCUT2D eigenvalue weighted by molar-refractivity contribution is -0.134. The molecule has 1 heterocycles. The molecule has 0 fully saturated rings. The first-order valence-electron chi connectivity index (χ1n) is 12.4. The van der Waals surface area contributed by atoms with Gasteiger partial charge in [-0.05, 0) is 84.8 Å². The summed E-state index contributed by atoms with van der Waals surface area (Å²) in [6.07, 6.45) is 0.390. The van der Waals surface area contributed by atoms with Gasteiger partial charge < -0.3 is 15.0 Å². The van der Waals surface area contributed by atoms with E-state index in [1.165, 1.54) is 12.1 Å². The minimum Gasteiger partial charge on any atom is -0.481 e. The van der Waals surface area contributed by atoms with E-state index in [0.717, 1.165) is 22.3 Å². The standard InChI is InChI=1S/C30H33FN2O3/c1-19(2)15-28(34)33-14-13-22-11-12-26(18-27(22)29(33)23-8-6-9-24(31)17-23)36-21(4)30(35)32-25-10-5-7-20(3)16-25/h5-12,16-19,21,29H,13-15H2,1-4H3,(H,32,35). The molecule has 3 aromatic rings. The van der Waals surface area contributed by atoms with E-state index in [1.54, 1.807) is 13.0 Å². The molecule has 2 atom stereocenters. The van der Waals surface area contributed by atoms with Crippen molar-refractivity contribution >= 4 is 17.5 Å². The Morgan fingerprint density at radius 3 is 2.56 bits per heavy atom. The largest absolute Gasteiger partial charge is 0.481 e. The molecule has 0 aliphatic carbocycles. The van der Waals surface area contributed by atoms with E-state index in [4.69, 9.17) is 4.74 Å². The van der Waals surface area contributed by atoms with E-state index in [0.29, 0.717) is 30.8 Å². The van der Waals surface area contributed by atoms with E-state index in [2.05, 4.69) is 5.32 Å². The van der Waals surface area contributed by atoms with Gasteiger partial charge in [0.2, 0.25) is 5.91 Å². The molecule has 1 aliphatic rings. The van der Waals surface area contributed by atoms with Crippen molar-refractivity contribution in [2.75, 3.05) is 11.9 Å². The first kappa shape index (κ1) is 25.4. The first-order chi connectivity index (χ1) is 17.2. The Morgan fingerprint density at radius 2 is 1.83 bits per heavy atom. The number of nitrogens with zero attached hydrogens (tertiary/aromatic N) is 1. The van der Waals surface area contributed by atoms with Gasteiger partial charge in [-0.3, -0.25) is 9.59 Å². The average Bonchev–Trinajstić information content (AvgIpc) is 2.82. The fraction of sp³-hybridized carbons (Fsp3) is 0.333. The van der Waals surface area contributed by atoms with Crippen LogP contribution in [0.5, 0.6) is 5.75 Å². The Hall–Kier alpha value is -3.67. The van der Waals surface area contributed by atoms with Gasteiger partial charge >= 0.3 is 0 Å². The molecular weight excluding hydrogens is 455 g/mol. The molecule has 188 valence electrons. The third-order valence-corrected chi connectivity index (χ3v) is 6.38. The molecule has 2 unspecified atom stereocenters. The molecule has 0 spiro atoms. The summed E-state index contributed by atoms with van der Waals surface area (Å²) in [4.78, 5) is 27.8. The van der Waals surface area contributed by atoms with Crippen LogP contribution < -0.4 is 10.1 Å². The normalized spacial score (nSPS) is 15.8. The molecule has 1 N–H and O–H groups in total. The van der Waals surface area contributed by atoms with E-state index >= 15 is 0 Å². The summed E-state index contributed by atoms with van der Waals surface area (Å²) in [7, 11) is 0. The second-order valence-corrected chi connectivity index (χ2v) is 9.87. The molecular formula is C30H33FN2O3. The second-order valence-electron chi connectivity index (χ2n) is 9.87. The number of ether oxygens (including phenoxy) is 1. The quantitative estimate of drug-likeness (QED) is 0.440. The van der Waals surface area contributed by atoms with Crippen LogP contribution >= 0.6 is 0 Å². The second kappa shape index (κ2) is 10.9. The van der Waals surface area contributed by atoms with Crippen molar-refractivity contribution in [2.45, 2.75) is 52.7 Å². The minimum atomic E-state index is -0.738. The molecule has 1 aliphatic heterocycles. The van der Waals surface area contributed by atoms with Crippen LogP contribution in [0.25, 0.3) is 0 Å². The third-order valence-electron chi connectivity index (χ3n) is 6.38. The zero-order chi connectivity index (χ0) is 25.8. The number of aryl methyl sites for hydroxylation is 1. The van der Waals surface area contributed by atoms with Gasteiger partial charge in [-0.1, -0.05) is 44.2 Å². The van der Waals surface area contributed by atoms with Crippen LogP contribution in [-0.2, 0) is 16.0 Å². The van der Waals surface area contributed by atoms with Crippen LogP contribution in [0, 0.1) is 18.7 Å². The van der Waals surface area contributed by atoms with Crippen molar-refractivity contribution < 1.29 is 18.7 Å². The Morgan fingerprint density at radius 1 is 1.06 bits per heavy atom. The summed E-state index contributed by atoms with van der Waals surface area (Å²) in [5, 5.41) is 2.89. The van der Waals surface area contributed by atoms with Gasteiger partial charge in [0.15, 0.2) is 6.10 Å². The maximum absolute atomic E-state index is 14.2. The highest BCUT2D eigenvalue weighted by molar-refractivity contribution is 5.94. The lowest BCUT2D eigenvalue weighted by Gasteiger charge is -2.38. The molecule has 0 aromatic heterocycles. The molecule has 0 saturated carbocycles. The number of hydrogen-bond donors (Lipinski definition) is 1. The smallest absolute Gasteiger partial charge is 0.265 e. The van der Waals surface area contributed by atoms with Crippen molar-refractivity contribution in [3.8, 4) is 5.75 Å². The van der Waals surface area contributed by atoms with Crippen LogP contribution in [0.4, 0.5) is 10.1 Å². The summed E-state index contributed by atoms with van der Waals surface area (Å²) < 4.78 is 20.2. The summed E-state index contributed by atoms with van der Waals surface area (Å²) in [5.41, 5.74) is 4.47. The van der Waals surface area contributed by atoms with E-state index < -0.39 is 12.1 Å². The predicted octanol–water partition coefficient (Wildman–Crippen LogP) is 6.06. The SMILES string of the molecule is Cc1cccc(NC(=O)C(C)Oc2ccc3c(c2)C(c2cccc(F)c2)N(C(=O)CC(C)C)CC3)c1. The number of benzene rings is 3. The Labute approximate surface area is 212 Å². The fourth-order valence-electron chi connectivity index (χ4n) is 4.66. The summed E-state index contributed by atoms with van der Waals surface area (Å²) in [6.45, 7) is 8.26. The molecule has 6 heteroatoms. The zero-order valence-corrected chi connectivity index (χ0v) is 21.3. The number of carbonyl (C=O) groups excluding carboxylic acids is 2. The van der Waals surface area contributed by atoms with Gasteiger partial charge in [-0.2, -0.15) is 0 Å². The highest BCUT2D eigenvalue weighted by atomic mass is 19.1. The highest BCUT2D eigenvalue weighted by Crippen LogP contribution is 2.38. The monoisotopic (exact) mass is 488 g/mol. The molecule has 4 rings (SSSR count). The number of nitrogens with one attached hydrogen (secondary N) is 1. The molecule has 0 radical (unpaired) electrons. The van der Waals surface area contributed by atoms with Crippen LogP contribution in [0.1, 0.15) is 55.5 Å². The minimum absolute atomic E-state index is 0.0436. The molecule has 2 amide bonds. The number of amides is 2. The van der Waals surface area contributed by atoms with E-state index in [-0.39, 0.29) is 23.5 Å². The molecule has 3 aromatic carbocycles. The van der Waals surface area contributed by atoms with Gasteiger partial charge in [0.25, 0.3) is 5.91 Å². The van der Waals surface area contributed by atoms with Crippen molar-refractivity contribution in [1.29, 1.82) is 0 Å². The maximum Gasteiger partial charge on any atom is 0.265 e. The molecule has 0 saturated heterocycles. The predicted molar refractivity (Wildman–Crippen MR) is 139 cm³/mol. The molecule has 0 bridgehead atoms. The lowest BCUT2D eigenvalue weighted by Crippen LogP contribution is -2.41.